The van der Waals surface area contributed by atoms with E-state index in [1.165, 1.54) is 16.7 Å². The highest BCUT2D eigenvalue weighted by Crippen LogP contribution is 2.64. The van der Waals surface area contributed by atoms with E-state index in [1.807, 2.05) is 11.9 Å². The molecule has 1 unspecified atom stereocenters. The molecule has 7 N–H and O–H groups in total. The van der Waals surface area contributed by atoms with Gasteiger partial charge in [0.25, 0.3) is 13.4 Å². The van der Waals surface area contributed by atoms with E-state index in [9.17, 15) is 28.4 Å². The van der Waals surface area contributed by atoms with Crippen LogP contribution in [0.1, 0.15) is 33.9 Å². The number of phosphoric acid groups is 1. The lowest BCUT2D eigenvalue weighted by Crippen LogP contribution is -2.36. The third-order valence-electron chi connectivity index (χ3n) is 9.42. The van der Waals surface area contributed by atoms with Gasteiger partial charge >= 0.3 is 18.5 Å². The molecule has 3 aliphatic rings. The van der Waals surface area contributed by atoms with E-state index in [1.54, 1.807) is 36.4 Å². The van der Waals surface area contributed by atoms with Crippen LogP contribution in [0.4, 0.5) is 14.6 Å². The van der Waals surface area contributed by atoms with Gasteiger partial charge in [-0.1, -0.05) is 29.8 Å². The Labute approximate surface area is 341 Å². The maximum Gasteiger partial charge on any atom is 0.389 e. The number of alkyl halides is 2. The van der Waals surface area contributed by atoms with Crippen molar-refractivity contribution in [2.75, 3.05) is 18.9 Å². The summed E-state index contributed by atoms with van der Waals surface area (Å²) in [4.78, 5) is 64.3. The quantitative estimate of drug-likeness (QED) is 0.119. The highest BCUT2D eigenvalue weighted by molar-refractivity contribution is 8.54. The largest absolute Gasteiger partial charge is 0.756 e. The first-order valence-corrected chi connectivity index (χ1v) is 22.2. The van der Waals surface area contributed by atoms with Gasteiger partial charge in [0.15, 0.2) is 36.3 Å². The van der Waals surface area contributed by atoms with Crippen molar-refractivity contribution in [1.82, 2.24) is 35.2 Å². The second-order valence-corrected chi connectivity index (χ2v) is 18.8. The van der Waals surface area contributed by atoms with E-state index in [2.05, 4.69) is 15.0 Å². The summed E-state index contributed by atoms with van der Waals surface area (Å²) in [6.07, 6.45) is -12.1. The molecule has 21 nitrogen and oxygen atoms in total. The second kappa shape index (κ2) is 17.3. The molecule has 10 atom stereocenters. The normalized spacial score (nSPS) is 30.7. The first-order valence-electron chi connectivity index (χ1n) is 17.6. The van der Waals surface area contributed by atoms with Gasteiger partial charge in [0.2, 0.25) is 0 Å². The molecule has 26 heteroatoms. The predicted molar refractivity (Wildman–Crippen MR) is 205 cm³/mol. The Morgan fingerprint density at radius 2 is 1.65 bits per heavy atom. The number of nitrogen functional groups attached to an aromatic ring is 1. The number of carbonyl (C=O) groups is 1. The van der Waals surface area contributed by atoms with Crippen molar-refractivity contribution in [3.8, 4) is 5.75 Å². The zero-order valence-electron chi connectivity index (χ0n) is 31.3. The smallest absolute Gasteiger partial charge is 0.389 e. The molecule has 3 saturated heterocycles. The Bertz CT molecular complexity index is 2590. The lowest BCUT2D eigenvalue weighted by molar-refractivity contribution is -0.236. The average molecular weight is 897 g/mol. The number of nitrogens with zero attached hydrogens (tertiary/aromatic N) is 5. The number of rotatable bonds is 7. The summed E-state index contributed by atoms with van der Waals surface area (Å²) in [5.74, 6) is -0.553. The number of phosphoric ester groups is 1. The van der Waals surface area contributed by atoms with Gasteiger partial charge in [-0.05, 0) is 48.1 Å². The number of hydrogen-bond donors (Lipinski definition) is 3. The van der Waals surface area contributed by atoms with Gasteiger partial charge < -0.3 is 40.0 Å². The van der Waals surface area contributed by atoms with Crippen molar-refractivity contribution >= 4 is 49.0 Å². The van der Waals surface area contributed by atoms with Crippen LogP contribution in [0.3, 0.4) is 0 Å². The number of nitrogens with one attached hydrogen (secondary N) is 1. The zero-order valence-corrected chi connectivity index (χ0v) is 34.0. The molecule has 6 heterocycles. The van der Waals surface area contributed by atoms with Gasteiger partial charge in [-0.25, -0.2) is 37.9 Å². The Hall–Kier alpha value is -4.71. The fourth-order valence-corrected chi connectivity index (χ4v) is 10.7. The molecular formula is C34H36F2N8O13P2S. The minimum Gasteiger partial charge on any atom is -0.756 e. The van der Waals surface area contributed by atoms with Crippen molar-refractivity contribution in [2.24, 2.45) is 0 Å². The highest BCUT2D eigenvalue weighted by atomic mass is 32.7. The third-order valence-corrected chi connectivity index (χ3v) is 14.0. The van der Waals surface area contributed by atoms with Gasteiger partial charge in [-0.3, -0.25) is 32.5 Å². The summed E-state index contributed by atoms with van der Waals surface area (Å²) in [7, 11) is -5.52. The van der Waals surface area contributed by atoms with Crippen LogP contribution in [0.15, 0.2) is 83.0 Å². The van der Waals surface area contributed by atoms with Gasteiger partial charge in [-0.15, -0.1) is 0 Å². The molecule has 5 aromatic rings. The first kappa shape index (κ1) is 43.4. The summed E-state index contributed by atoms with van der Waals surface area (Å²) in [5.41, 5.74) is 5.96. The number of H-pyrrole nitrogens is 1. The number of nitrogens with two attached hydrogens (primary N) is 1. The molecular weight excluding hydrogens is 860 g/mol. The molecule has 0 amide bonds. The predicted octanol–water partition coefficient (Wildman–Crippen LogP) is 3.66. The second-order valence-electron chi connectivity index (χ2n) is 13.4. The van der Waals surface area contributed by atoms with E-state index in [0.717, 1.165) is 30.5 Å². The van der Waals surface area contributed by atoms with E-state index < -0.39 is 94.3 Å². The molecule has 3 fully saturated rings. The number of benzene rings is 2. The topological polar surface area (TPSA) is 300 Å². The van der Waals surface area contributed by atoms with Crippen LogP contribution in [0.5, 0.6) is 5.75 Å². The fraction of sp³-hybridized carbons (Fsp3) is 0.353. The molecule has 60 heavy (non-hydrogen) atoms. The summed E-state index contributed by atoms with van der Waals surface area (Å²) in [5, 5.41) is 0. The number of esters is 1. The minimum atomic E-state index is -5.52. The monoisotopic (exact) mass is 896 g/mol. The summed E-state index contributed by atoms with van der Waals surface area (Å²) in [6.45, 7) is -4.67. The number of carbonyl (C=O) groups excluding carboxylic acids is 1. The van der Waals surface area contributed by atoms with E-state index in [4.69, 9.17) is 38.0 Å². The van der Waals surface area contributed by atoms with Gasteiger partial charge in [0.1, 0.15) is 42.0 Å². The van der Waals surface area contributed by atoms with Crippen LogP contribution >= 0.6 is 26.0 Å². The Kier molecular flexibility index (Phi) is 12.5. The lowest BCUT2D eigenvalue weighted by atomic mass is 10.1. The number of hydrogen-bond acceptors (Lipinski definition) is 18. The van der Waals surface area contributed by atoms with E-state index in [0.29, 0.717) is 27.1 Å². The summed E-state index contributed by atoms with van der Waals surface area (Å²) < 4.78 is 101. The maximum atomic E-state index is 16.4. The van der Waals surface area contributed by atoms with Crippen molar-refractivity contribution in [3.63, 3.8) is 0 Å². The average Bonchev–Trinajstić information content (AvgIpc) is 3.86. The molecule has 0 radical (unpaired) electrons. The van der Waals surface area contributed by atoms with E-state index in [-0.39, 0.29) is 34.6 Å². The van der Waals surface area contributed by atoms with Crippen molar-refractivity contribution in [3.05, 3.63) is 111 Å². The molecule has 0 aliphatic carbocycles. The molecule has 3 aromatic heterocycles. The van der Waals surface area contributed by atoms with Crippen LogP contribution in [0.2, 0.25) is 0 Å². The summed E-state index contributed by atoms with van der Waals surface area (Å²) in [6, 6.07) is 13.8. The fourth-order valence-electron chi connectivity index (χ4n) is 6.45. The third kappa shape index (κ3) is 8.99. The number of aromatic nitrogens is 6. The van der Waals surface area contributed by atoms with Crippen molar-refractivity contribution < 1.29 is 59.9 Å². The maximum absolute atomic E-state index is 16.4. The molecule has 3 aliphatic heterocycles. The van der Waals surface area contributed by atoms with Crippen molar-refractivity contribution in [1.29, 1.82) is 0 Å². The number of imidazole rings is 1. The van der Waals surface area contributed by atoms with Crippen LogP contribution in [-0.4, -0.2) is 85.0 Å². The Morgan fingerprint density at radius 1 is 0.933 bits per heavy atom. The minimum absolute atomic E-state index is 0. The zero-order chi connectivity index (χ0) is 41.6. The lowest BCUT2D eigenvalue weighted by Gasteiger charge is -2.31. The Morgan fingerprint density at radius 3 is 2.38 bits per heavy atom. The number of fused-ring (bicyclic) bond motifs is 4. The van der Waals surface area contributed by atoms with Crippen LogP contribution in [-0.2, 0) is 42.5 Å². The van der Waals surface area contributed by atoms with E-state index >= 15 is 8.78 Å². The number of anilines is 1. The number of quaternary nitrogens is 1. The van der Waals surface area contributed by atoms with Crippen LogP contribution in [0.25, 0.3) is 11.2 Å². The molecule has 2 aromatic carbocycles. The first-order chi connectivity index (χ1) is 28.2. The van der Waals surface area contributed by atoms with Gasteiger partial charge in [0.05, 0.1) is 25.1 Å². The van der Waals surface area contributed by atoms with Gasteiger partial charge in [0, 0.05) is 18.0 Å². The number of ether oxygens (including phenoxy) is 3. The van der Waals surface area contributed by atoms with Crippen LogP contribution in [0, 0.1) is 6.92 Å². The van der Waals surface area contributed by atoms with Crippen molar-refractivity contribution in [2.45, 2.75) is 61.9 Å². The summed E-state index contributed by atoms with van der Waals surface area (Å²) >= 11 is 0.561. The standard InChI is InChI=1S/C34H33F2N7O13P2S.H3N/c1-17-2-6-19(7-3-17)33(45)52-20-8-4-18(5-9-20)14-59-58(49)51-12-21-24(35)28(32(53-21)43-16-40-26-29(37)38-15-39-30(26)43)55-57(47,48)50-13-22-27(56-58)25(36)31(54-22)42-11-10-23(44)41-34(42)46;/h2-11,15-16,21-22,24-25,27-28,31-32H,12-14H2,1H3,(H,47,48)(H2,37,38,39)(H,41,44,46);1H3/t21-,22-,24-,25-,27-,28-,31-,32-,58-;/m1./s1. The SMILES string of the molecule is Cc1ccc(C(=O)Oc2ccc(CS[P@]3(=O)OC[C@H]4O[C@@H](n5cnc6c(N)ncnc65)[C@H](OP(=O)([O-])OC[C@H]5O[C@@H](n6ccc(=O)[nH]c6=O)[C@H](F)[C@@H]5O3)[C@@H]4F)cc2)cc1.[NH4+]. The number of aromatic amines is 1. The van der Waals surface area contributed by atoms with Crippen LogP contribution < -0.4 is 32.8 Å². The molecule has 2 bridgehead atoms. The molecule has 0 spiro atoms. The highest BCUT2D eigenvalue weighted by Gasteiger charge is 2.54. The Balaban J connectivity index is 0.00000544. The number of halogens is 2. The molecule has 8 rings (SSSR count). The van der Waals surface area contributed by atoms with Gasteiger partial charge in [-0.2, -0.15) is 0 Å². The number of aryl methyl sites for hydroxylation is 1. The molecule has 320 valence electrons. The molecule has 0 saturated carbocycles.